The third kappa shape index (κ3) is 0.992. The van der Waals surface area contributed by atoms with Crippen molar-refractivity contribution in [2.45, 2.75) is 0 Å². The molecule has 3 nitrogen and oxygen atoms in total. The molecule has 2 aromatic rings. The number of halogens is 1. The van der Waals surface area contributed by atoms with Crippen molar-refractivity contribution < 1.29 is 4.79 Å². The van der Waals surface area contributed by atoms with Crippen molar-refractivity contribution in [2.24, 2.45) is 4.99 Å². The average Bonchev–Trinajstić information content (AvgIpc) is 2.66. The quantitative estimate of drug-likeness (QED) is 0.652. The molecule has 70 valence electrons. The Kier molecular flexibility index (Phi) is 1.89. The SMILES string of the molecule is Cl.O=C1N=Cc2cc3ccccc3n21. The Morgan fingerprint density at radius 3 is 2.86 bits per heavy atom. The second-order valence-electron chi connectivity index (χ2n) is 3.00. The Bertz CT molecular complexity index is 542. The van der Waals surface area contributed by atoms with E-state index in [2.05, 4.69) is 4.99 Å². The molecular weight excluding hydrogens is 200 g/mol. The Balaban J connectivity index is 0.000000750. The summed E-state index contributed by atoms with van der Waals surface area (Å²) in [6.45, 7) is 0. The van der Waals surface area contributed by atoms with E-state index in [0.717, 1.165) is 16.6 Å². The molecule has 0 aliphatic carbocycles. The lowest BCUT2D eigenvalue weighted by molar-refractivity contribution is 0.252. The molecule has 0 unspecified atom stereocenters. The van der Waals surface area contributed by atoms with Crippen molar-refractivity contribution in [2.75, 3.05) is 0 Å². The molecule has 4 heteroatoms. The van der Waals surface area contributed by atoms with E-state index in [-0.39, 0.29) is 18.4 Å². The first-order valence-corrected chi connectivity index (χ1v) is 4.05. The Morgan fingerprint density at radius 2 is 2.00 bits per heavy atom. The van der Waals surface area contributed by atoms with Crippen molar-refractivity contribution in [1.82, 2.24) is 4.57 Å². The van der Waals surface area contributed by atoms with Crippen LogP contribution in [0.15, 0.2) is 35.3 Å². The van der Waals surface area contributed by atoms with Gasteiger partial charge in [0.05, 0.1) is 17.4 Å². The number of aromatic nitrogens is 1. The highest BCUT2D eigenvalue weighted by Crippen LogP contribution is 2.21. The Labute approximate surface area is 86.5 Å². The molecule has 0 radical (unpaired) electrons. The van der Waals surface area contributed by atoms with Crippen LogP contribution in [-0.2, 0) is 0 Å². The number of carbonyl (C=O) groups is 1. The maximum Gasteiger partial charge on any atom is 0.352 e. The van der Waals surface area contributed by atoms with Gasteiger partial charge in [0.15, 0.2) is 0 Å². The number of carbonyl (C=O) groups excluding carboxylic acids is 1. The summed E-state index contributed by atoms with van der Waals surface area (Å²) in [5.41, 5.74) is 1.80. The van der Waals surface area contributed by atoms with Crippen LogP contribution in [0.4, 0.5) is 4.79 Å². The van der Waals surface area contributed by atoms with Crippen LogP contribution in [0, 0.1) is 0 Å². The highest BCUT2D eigenvalue weighted by Gasteiger charge is 2.16. The van der Waals surface area contributed by atoms with Crippen LogP contribution in [-0.4, -0.2) is 16.8 Å². The molecule has 0 spiro atoms. The molecule has 0 atom stereocenters. The fourth-order valence-electron chi connectivity index (χ4n) is 1.66. The zero-order valence-electron chi connectivity index (χ0n) is 7.18. The van der Waals surface area contributed by atoms with Gasteiger partial charge in [-0.2, -0.15) is 4.99 Å². The fraction of sp³-hybridized carbons (Fsp3) is 0. The lowest BCUT2D eigenvalue weighted by atomic mass is 10.2. The van der Waals surface area contributed by atoms with E-state index in [1.54, 1.807) is 10.8 Å². The van der Waals surface area contributed by atoms with Crippen LogP contribution >= 0.6 is 12.4 Å². The van der Waals surface area contributed by atoms with Gasteiger partial charge < -0.3 is 0 Å². The molecule has 0 N–H and O–H groups in total. The number of hydrogen-bond donors (Lipinski definition) is 0. The molecule has 1 aromatic carbocycles. The van der Waals surface area contributed by atoms with Crippen molar-refractivity contribution in [3.05, 3.63) is 36.0 Å². The molecular formula is C10H7ClN2O. The lowest BCUT2D eigenvalue weighted by Crippen LogP contribution is -2.01. The van der Waals surface area contributed by atoms with Crippen molar-refractivity contribution in [3.63, 3.8) is 0 Å². The first-order chi connectivity index (χ1) is 6.36. The molecule has 1 aromatic heterocycles. The largest absolute Gasteiger partial charge is 0.352 e. The number of amides is 1. The molecule has 0 bridgehead atoms. The third-order valence-electron chi connectivity index (χ3n) is 2.24. The summed E-state index contributed by atoms with van der Waals surface area (Å²) in [6.07, 6.45) is 1.60. The second-order valence-corrected chi connectivity index (χ2v) is 3.00. The average molecular weight is 207 g/mol. The molecule has 0 saturated carbocycles. The van der Waals surface area contributed by atoms with Crippen LogP contribution in [0.3, 0.4) is 0 Å². The second kappa shape index (κ2) is 2.96. The number of rotatable bonds is 0. The van der Waals surface area contributed by atoms with Gasteiger partial charge >= 0.3 is 6.03 Å². The summed E-state index contributed by atoms with van der Waals surface area (Å²) in [5.74, 6) is 0. The summed E-state index contributed by atoms with van der Waals surface area (Å²) >= 11 is 0. The zero-order valence-corrected chi connectivity index (χ0v) is 7.99. The van der Waals surface area contributed by atoms with E-state index < -0.39 is 0 Å². The van der Waals surface area contributed by atoms with Gasteiger partial charge in [0.25, 0.3) is 0 Å². The van der Waals surface area contributed by atoms with E-state index in [1.807, 2.05) is 30.3 Å². The van der Waals surface area contributed by atoms with Gasteiger partial charge in [-0.3, -0.25) is 4.57 Å². The topological polar surface area (TPSA) is 34.4 Å². The molecule has 1 amide bonds. The van der Waals surface area contributed by atoms with Crippen LogP contribution < -0.4 is 0 Å². The van der Waals surface area contributed by atoms with Crippen LogP contribution in [0.25, 0.3) is 10.9 Å². The number of benzene rings is 1. The van der Waals surface area contributed by atoms with Crippen LogP contribution in [0.5, 0.6) is 0 Å². The normalized spacial score (nSPS) is 13.0. The van der Waals surface area contributed by atoms with E-state index in [1.165, 1.54) is 0 Å². The minimum Gasteiger partial charge on any atom is -0.259 e. The minimum atomic E-state index is -0.198. The Hall–Kier alpha value is -1.61. The van der Waals surface area contributed by atoms with Crippen LogP contribution in [0.2, 0.25) is 0 Å². The lowest BCUT2D eigenvalue weighted by Gasteiger charge is -1.95. The maximum absolute atomic E-state index is 11.3. The van der Waals surface area contributed by atoms with Gasteiger partial charge in [-0.1, -0.05) is 18.2 Å². The van der Waals surface area contributed by atoms with Gasteiger partial charge in [0, 0.05) is 5.39 Å². The third-order valence-corrected chi connectivity index (χ3v) is 2.24. The highest BCUT2D eigenvalue weighted by molar-refractivity contribution is 6.07. The van der Waals surface area contributed by atoms with Gasteiger partial charge in [0.2, 0.25) is 0 Å². The van der Waals surface area contributed by atoms with E-state index in [9.17, 15) is 4.79 Å². The standard InChI is InChI=1S/C10H6N2O.ClH/c13-10-11-6-8-5-7-3-1-2-4-9(7)12(8)10;/h1-6H;1H. The minimum absolute atomic E-state index is 0. The molecule has 14 heavy (non-hydrogen) atoms. The van der Waals surface area contributed by atoms with Gasteiger partial charge in [-0.15, -0.1) is 12.4 Å². The molecule has 0 fully saturated rings. The number of aliphatic imine (C=N–C) groups is 1. The molecule has 2 heterocycles. The van der Waals surface area contributed by atoms with Crippen molar-refractivity contribution in [3.8, 4) is 0 Å². The molecule has 3 rings (SSSR count). The summed E-state index contributed by atoms with van der Waals surface area (Å²) in [7, 11) is 0. The number of para-hydroxylation sites is 1. The van der Waals surface area contributed by atoms with Gasteiger partial charge in [-0.05, 0) is 12.1 Å². The first kappa shape index (κ1) is 8.97. The van der Waals surface area contributed by atoms with E-state index >= 15 is 0 Å². The fourth-order valence-corrected chi connectivity index (χ4v) is 1.66. The number of hydrogen-bond acceptors (Lipinski definition) is 1. The molecule has 0 saturated heterocycles. The summed E-state index contributed by atoms with van der Waals surface area (Å²) in [6, 6.07) is 9.55. The first-order valence-electron chi connectivity index (χ1n) is 4.05. The predicted molar refractivity (Wildman–Crippen MR) is 57.6 cm³/mol. The van der Waals surface area contributed by atoms with Crippen molar-refractivity contribution >= 4 is 35.6 Å². The predicted octanol–water partition coefficient (Wildman–Crippen LogP) is 2.46. The smallest absolute Gasteiger partial charge is 0.259 e. The summed E-state index contributed by atoms with van der Waals surface area (Å²) < 4.78 is 1.62. The zero-order chi connectivity index (χ0) is 8.84. The Morgan fingerprint density at radius 1 is 1.21 bits per heavy atom. The van der Waals surface area contributed by atoms with E-state index in [0.29, 0.717) is 0 Å². The van der Waals surface area contributed by atoms with Crippen molar-refractivity contribution in [1.29, 1.82) is 0 Å². The van der Waals surface area contributed by atoms with E-state index in [4.69, 9.17) is 0 Å². The molecule has 1 aliphatic rings. The van der Waals surface area contributed by atoms with Gasteiger partial charge in [-0.25, -0.2) is 4.79 Å². The number of fused-ring (bicyclic) bond motifs is 3. The van der Waals surface area contributed by atoms with Crippen LogP contribution in [0.1, 0.15) is 5.69 Å². The number of nitrogens with zero attached hydrogens (tertiary/aromatic N) is 2. The highest BCUT2D eigenvalue weighted by atomic mass is 35.5. The molecule has 1 aliphatic heterocycles. The summed E-state index contributed by atoms with van der Waals surface area (Å²) in [4.78, 5) is 15.0. The maximum atomic E-state index is 11.3. The summed E-state index contributed by atoms with van der Waals surface area (Å²) in [5, 5.41) is 1.08. The van der Waals surface area contributed by atoms with Gasteiger partial charge in [0.1, 0.15) is 0 Å². The monoisotopic (exact) mass is 206 g/mol.